The summed E-state index contributed by atoms with van der Waals surface area (Å²) in [6.45, 7) is 2.71. The van der Waals surface area contributed by atoms with Gasteiger partial charge in [-0.25, -0.2) is 14.5 Å². The van der Waals surface area contributed by atoms with Crippen LogP contribution in [0.5, 0.6) is 0 Å². The Morgan fingerprint density at radius 3 is 2.90 bits per heavy atom. The van der Waals surface area contributed by atoms with Crippen LogP contribution in [0.3, 0.4) is 0 Å². The molecule has 4 aromatic rings. The summed E-state index contributed by atoms with van der Waals surface area (Å²) in [5, 5.41) is 16.2. The van der Waals surface area contributed by atoms with E-state index in [1.54, 1.807) is 0 Å². The standard InChI is InChI=1S/C20H21N7O2S/c1-2-12-30-20-23-17-16(18(28)24-20)25-26-27(17)11-10-21-19(29)22-15-9-5-7-13-6-3-4-8-14(13)15/h3-9H,2,10-12H2,1H3,(H2,21,22,29)(H,23,24,28). The normalized spacial score (nSPS) is 11.1. The number of anilines is 1. The van der Waals surface area contributed by atoms with Crippen LogP contribution >= 0.6 is 11.8 Å². The van der Waals surface area contributed by atoms with Crippen LogP contribution < -0.4 is 16.2 Å². The molecule has 4 rings (SSSR count). The smallest absolute Gasteiger partial charge is 0.319 e. The largest absolute Gasteiger partial charge is 0.336 e. The summed E-state index contributed by atoms with van der Waals surface area (Å²) >= 11 is 1.48. The first-order valence-electron chi connectivity index (χ1n) is 9.64. The van der Waals surface area contributed by atoms with Gasteiger partial charge in [0.15, 0.2) is 16.3 Å². The van der Waals surface area contributed by atoms with E-state index in [4.69, 9.17) is 0 Å². The maximum atomic E-state index is 12.3. The Morgan fingerprint density at radius 2 is 2.03 bits per heavy atom. The van der Waals surface area contributed by atoms with Gasteiger partial charge in [0.25, 0.3) is 5.56 Å². The van der Waals surface area contributed by atoms with Crippen LogP contribution in [0, 0.1) is 0 Å². The van der Waals surface area contributed by atoms with Gasteiger partial charge in [0.05, 0.1) is 12.2 Å². The first-order valence-corrected chi connectivity index (χ1v) is 10.6. The van der Waals surface area contributed by atoms with Gasteiger partial charge in [-0.05, 0) is 17.9 Å². The third-order valence-electron chi connectivity index (χ3n) is 4.44. The lowest BCUT2D eigenvalue weighted by molar-refractivity contribution is 0.251. The zero-order chi connectivity index (χ0) is 20.9. The van der Waals surface area contributed by atoms with Gasteiger partial charge in [-0.2, -0.15) is 0 Å². The van der Waals surface area contributed by atoms with Crippen molar-refractivity contribution in [1.29, 1.82) is 0 Å². The predicted molar refractivity (Wildman–Crippen MR) is 118 cm³/mol. The molecule has 2 aromatic carbocycles. The van der Waals surface area contributed by atoms with Crippen molar-refractivity contribution < 1.29 is 4.79 Å². The topological polar surface area (TPSA) is 118 Å². The molecule has 0 aliphatic heterocycles. The molecule has 0 saturated heterocycles. The molecule has 0 atom stereocenters. The van der Waals surface area contributed by atoms with Crippen molar-refractivity contribution >= 4 is 45.4 Å². The average molecular weight is 424 g/mol. The summed E-state index contributed by atoms with van der Waals surface area (Å²) in [7, 11) is 0. The van der Waals surface area contributed by atoms with E-state index >= 15 is 0 Å². The molecule has 2 heterocycles. The van der Waals surface area contributed by atoms with Gasteiger partial charge in [0.2, 0.25) is 0 Å². The number of urea groups is 1. The molecule has 0 unspecified atom stereocenters. The number of carbonyl (C=O) groups excluding carboxylic acids is 1. The molecular weight excluding hydrogens is 402 g/mol. The molecule has 154 valence electrons. The number of hydrogen-bond acceptors (Lipinski definition) is 6. The molecule has 0 bridgehead atoms. The molecule has 0 radical (unpaired) electrons. The number of rotatable bonds is 7. The zero-order valence-electron chi connectivity index (χ0n) is 16.4. The fourth-order valence-electron chi connectivity index (χ4n) is 3.04. The van der Waals surface area contributed by atoms with E-state index in [-0.39, 0.29) is 17.1 Å². The van der Waals surface area contributed by atoms with Gasteiger partial charge in [-0.3, -0.25) is 9.78 Å². The van der Waals surface area contributed by atoms with Crippen LogP contribution in [-0.2, 0) is 6.54 Å². The van der Waals surface area contributed by atoms with Gasteiger partial charge in [-0.15, -0.1) is 5.10 Å². The maximum absolute atomic E-state index is 12.3. The molecule has 0 spiro atoms. The van der Waals surface area contributed by atoms with E-state index in [2.05, 4.69) is 37.8 Å². The first kappa shape index (κ1) is 19.9. The number of nitrogens with one attached hydrogen (secondary N) is 3. The number of carbonyl (C=O) groups is 1. The summed E-state index contributed by atoms with van der Waals surface area (Å²) in [6, 6.07) is 13.3. The molecule has 0 saturated carbocycles. The number of fused-ring (bicyclic) bond motifs is 2. The summed E-state index contributed by atoms with van der Waals surface area (Å²) in [5.74, 6) is 0.853. The van der Waals surface area contributed by atoms with Crippen LogP contribution in [0.4, 0.5) is 10.5 Å². The summed E-state index contributed by atoms with van der Waals surface area (Å²) in [4.78, 5) is 31.7. The summed E-state index contributed by atoms with van der Waals surface area (Å²) < 4.78 is 1.53. The fourth-order valence-corrected chi connectivity index (χ4v) is 3.75. The minimum atomic E-state index is -0.319. The zero-order valence-corrected chi connectivity index (χ0v) is 17.2. The van der Waals surface area contributed by atoms with Crippen LogP contribution in [0.2, 0.25) is 0 Å². The average Bonchev–Trinajstić information content (AvgIpc) is 3.16. The van der Waals surface area contributed by atoms with E-state index < -0.39 is 0 Å². The Bertz CT molecular complexity index is 1250. The van der Waals surface area contributed by atoms with Gasteiger partial charge >= 0.3 is 6.03 Å². The predicted octanol–water partition coefficient (Wildman–Crippen LogP) is 2.99. The van der Waals surface area contributed by atoms with Crippen molar-refractivity contribution in [3.63, 3.8) is 0 Å². The minimum Gasteiger partial charge on any atom is -0.336 e. The second kappa shape index (κ2) is 8.95. The minimum absolute atomic E-state index is 0.191. The van der Waals surface area contributed by atoms with Crippen LogP contribution in [-0.4, -0.2) is 43.3 Å². The number of hydrogen-bond donors (Lipinski definition) is 3. The second-order valence-electron chi connectivity index (χ2n) is 6.61. The highest BCUT2D eigenvalue weighted by Gasteiger charge is 2.12. The lowest BCUT2D eigenvalue weighted by atomic mass is 10.1. The fraction of sp³-hybridized carbons (Fsp3) is 0.250. The van der Waals surface area contributed by atoms with E-state index in [9.17, 15) is 9.59 Å². The Kier molecular flexibility index (Phi) is 5.94. The van der Waals surface area contributed by atoms with Crippen molar-refractivity contribution in [3.8, 4) is 0 Å². The van der Waals surface area contributed by atoms with Crippen LogP contribution in [0.1, 0.15) is 13.3 Å². The highest BCUT2D eigenvalue weighted by atomic mass is 32.2. The second-order valence-corrected chi connectivity index (χ2v) is 7.70. The Hall–Kier alpha value is -3.40. The molecule has 10 heteroatoms. The van der Waals surface area contributed by atoms with Crippen molar-refractivity contribution in [3.05, 3.63) is 52.8 Å². The molecule has 30 heavy (non-hydrogen) atoms. The Labute approximate surface area is 176 Å². The van der Waals surface area contributed by atoms with Gasteiger partial charge in [-0.1, -0.05) is 60.3 Å². The van der Waals surface area contributed by atoms with Crippen molar-refractivity contribution in [2.45, 2.75) is 25.0 Å². The van der Waals surface area contributed by atoms with Crippen LogP contribution in [0.25, 0.3) is 21.9 Å². The molecule has 2 aromatic heterocycles. The molecular formula is C20H21N7O2S. The molecule has 0 aliphatic rings. The van der Waals surface area contributed by atoms with Crippen LogP contribution in [0.15, 0.2) is 52.4 Å². The SMILES string of the molecule is CCCSc1nc2c(nnn2CCNC(=O)Nc2cccc3ccccc23)c(=O)[nH]1. The monoisotopic (exact) mass is 423 g/mol. The Morgan fingerprint density at radius 1 is 1.20 bits per heavy atom. The molecule has 9 nitrogen and oxygen atoms in total. The molecule has 0 fully saturated rings. The number of benzene rings is 2. The third-order valence-corrected chi connectivity index (χ3v) is 5.52. The number of amides is 2. The molecule has 3 N–H and O–H groups in total. The summed E-state index contributed by atoms with van der Waals surface area (Å²) in [6.07, 6.45) is 0.972. The lowest BCUT2D eigenvalue weighted by Crippen LogP contribution is -2.31. The van der Waals surface area contributed by atoms with Gasteiger partial charge in [0.1, 0.15) is 0 Å². The van der Waals surface area contributed by atoms with E-state index in [0.717, 1.165) is 28.6 Å². The Balaban J connectivity index is 1.41. The van der Waals surface area contributed by atoms with E-state index in [1.807, 2.05) is 42.5 Å². The van der Waals surface area contributed by atoms with Crippen molar-refractivity contribution in [2.24, 2.45) is 0 Å². The number of aromatic nitrogens is 5. The third kappa shape index (κ3) is 4.28. The number of thioether (sulfide) groups is 1. The lowest BCUT2D eigenvalue weighted by Gasteiger charge is -2.10. The molecule has 2 amide bonds. The number of nitrogens with zero attached hydrogens (tertiary/aromatic N) is 4. The van der Waals surface area contributed by atoms with Gasteiger partial charge < -0.3 is 10.6 Å². The summed E-state index contributed by atoms with van der Waals surface area (Å²) in [5.41, 5.74) is 1.03. The highest BCUT2D eigenvalue weighted by molar-refractivity contribution is 7.99. The van der Waals surface area contributed by atoms with Crippen molar-refractivity contribution in [2.75, 3.05) is 17.6 Å². The van der Waals surface area contributed by atoms with Crippen molar-refractivity contribution in [1.82, 2.24) is 30.3 Å². The number of H-pyrrole nitrogens is 1. The van der Waals surface area contributed by atoms with E-state index in [0.29, 0.717) is 23.9 Å². The first-order chi connectivity index (χ1) is 14.7. The van der Waals surface area contributed by atoms with E-state index in [1.165, 1.54) is 16.4 Å². The quantitative estimate of drug-likeness (QED) is 0.311. The highest BCUT2D eigenvalue weighted by Crippen LogP contribution is 2.22. The maximum Gasteiger partial charge on any atom is 0.319 e. The molecule has 0 aliphatic carbocycles. The van der Waals surface area contributed by atoms with Gasteiger partial charge in [0, 0.05) is 17.7 Å². The number of aromatic amines is 1.